The summed E-state index contributed by atoms with van der Waals surface area (Å²) in [6, 6.07) is 4.45. The molecule has 0 aromatic heterocycles. The van der Waals surface area contributed by atoms with Crippen LogP contribution >= 0.6 is 0 Å². The van der Waals surface area contributed by atoms with E-state index >= 15 is 0 Å². The second-order valence-corrected chi connectivity index (χ2v) is 3.21. The molecule has 0 radical (unpaired) electrons. The van der Waals surface area contributed by atoms with Crippen LogP contribution in [0.2, 0.25) is 0 Å². The fourth-order valence-corrected chi connectivity index (χ4v) is 1.19. The van der Waals surface area contributed by atoms with E-state index in [2.05, 4.69) is 5.32 Å². The molecule has 0 aliphatic carbocycles. The predicted molar refractivity (Wildman–Crippen MR) is 56.4 cm³/mol. The van der Waals surface area contributed by atoms with Gasteiger partial charge in [-0.2, -0.15) is 0 Å². The molecule has 5 nitrogen and oxygen atoms in total. The number of benzene rings is 1. The summed E-state index contributed by atoms with van der Waals surface area (Å²) >= 11 is 0. The van der Waals surface area contributed by atoms with Gasteiger partial charge in [0.15, 0.2) is 0 Å². The molecular formula is C10H14N2O3. The Balaban J connectivity index is 2.99. The number of phenolic OH excluding ortho intramolecular Hbond substituents is 1. The molecule has 1 unspecified atom stereocenters. The Morgan fingerprint density at radius 2 is 2.27 bits per heavy atom. The number of aliphatic hydroxyl groups excluding tert-OH is 1. The third-order valence-corrected chi connectivity index (χ3v) is 1.94. The minimum absolute atomic E-state index is 0.0434. The Morgan fingerprint density at radius 3 is 2.80 bits per heavy atom. The number of carbonyl (C=O) groups is 1. The normalized spacial score (nSPS) is 12.2. The van der Waals surface area contributed by atoms with Gasteiger partial charge >= 0.3 is 0 Å². The van der Waals surface area contributed by atoms with Crippen LogP contribution in [0.3, 0.4) is 0 Å². The summed E-state index contributed by atoms with van der Waals surface area (Å²) in [7, 11) is 0. The molecule has 0 spiro atoms. The van der Waals surface area contributed by atoms with E-state index in [1.165, 1.54) is 19.1 Å². The highest BCUT2D eigenvalue weighted by Crippen LogP contribution is 2.26. The molecule has 1 rings (SSSR count). The number of nitrogens with two attached hydrogens (primary N) is 1. The lowest BCUT2D eigenvalue weighted by Gasteiger charge is -2.11. The van der Waals surface area contributed by atoms with Crippen molar-refractivity contribution in [2.75, 3.05) is 11.9 Å². The molecule has 0 saturated carbocycles. The van der Waals surface area contributed by atoms with Crippen LogP contribution in [0.1, 0.15) is 18.6 Å². The number of anilines is 1. The molecule has 0 fully saturated rings. The molecule has 1 atom stereocenters. The highest BCUT2D eigenvalue weighted by atomic mass is 16.3. The zero-order valence-corrected chi connectivity index (χ0v) is 8.40. The van der Waals surface area contributed by atoms with E-state index < -0.39 is 6.10 Å². The van der Waals surface area contributed by atoms with E-state index in [1.54, 1.807) is 6.07 Å². The van der Waals surface area contributed by atoms with Crippen molar-refractivity contribution in [3.63, 3.8) is 0 Å². The maximum Gasteiger partial charge on any atom is 0.221 e. The fourth-order valence-electron chi connectivity index (χ4n) is 1.19. The summed E-state index contributed by atoms with van der Waals surface area (Å²) in [5.74, 6) is -0.331. The van der Waals surface area contributed by atoms with E-state index in [1.807, 2.05) is 0 Å². The molecule has 82 valence electrons. The van der Waals surface area contributed by atoms with Crippen LogP contribution in [-0.2, 0) is 4.79 Å². The van der Waals surface area contributed by atoms with Gasteiger partial charge in [0, 0.05) is 13.5 Å². The summed E-state index contributed by atoms with van der Waals surface area (Å²) in [5.41, 5.74) is 6.12. The summed E-state index contributed by atoms with van der Waals surface area (Å²) in [6.45, 7) is 1.43. The largest absolute Gasteiger partial charge is 0.506 e. The number of aliphatic hydroxyl groups is 1. The van der Waals surface area contributed by atoms with Crippen molar-refractivity contribution in [3.05, 3.63) is 23.8 Å². The van der Waals surface area contributed by atoms with Gasteiger partial charge in [-0.05, 0) is 17.7 Å². The van der Waals surface area contributed by atoms with Crippen molar-refractivity contribution >= 4 is 11.6 Å². The minimum Gasteiger partial charge on any atom is -0.506 e. The average Bonchev–Trinajstić information content (AvgIpc) is 2.19. The van der Waals surface area contributed by atoms with Gasteiger partial charge in [-0.3, -0.25) is 4.79 Å². The van der Waals surface area contributed by atoms with Crippen molar-refractivity contribution in [1.82, 2.24) is 0 Å². The number of phenols is 1. The highest BCUT2D eigenvalue weighted by molar-refractivity contribution is 5.90. The number of hydrogen-bond acceptors (Lipinski definition) is 4. The van der Waals surface area contributed by atoms with Crippen molar-refractivity contribution in [3.8, 4) is 5.75 Å². The summed E-state index contributed by atoms with van der Waals surface area (Å²) in [6.07, 6.45) is -0.793. The molecule has 0 saturated heterocycles. The van der Waals surface area contributed by atoms with Crippen LogP contribution in [0.4, 0.5) is 5.69 Å². The van der Waals surface area contributed by atoms with Gasteiger partial charge in [0.1, 0.15) is 5.75 Å². The highest BCUT2D eigenvalue weighted by Gasteiger charge is 2.09. The topological polar surface area (TPSA) is 95.6 Å². The molecule has 0 bridgehead atoms. The van der Waals surface area contributed by atoms with Crippen LogP contribution in [0.25, 0.3) is 0 Å². The Bertz CT molecular complexity index is 366. The van der Waals surface area contributed by atoms with E-state index in [0.717, 1.165) is 0 Å². The monoisotopic (exact) mass is 210 g/mol. The number of carbonyl (C=O) groups excluding carboxylic acids is 1. The lowest BCUT2D eigenvalue weighted by Crippen LogP contribution is -2.12. The standard InChI is InChI=1S/C10H14N2O3/c1-6(13)12-8-4-7(10(15)5-11)2-3-9(8)14/h2-4,10,14-15H,5,11H2,1H3,(H,12,13). The van der Waals surface area contributed by atoms with Gasteiger partial charge in [0.05, 0.1) is 11.8 Å². The van der Waals surface area contributed by atoms with E-state index in [0.29, 0.717) is 5.56 Å². The van der Waals surface area contributed by atoms with Gasteiger partial charge in [-0.25, -0.2) is 0 Å². The average molecular weight is 210 g/mol. The SMILES string of the molecule is CC(=O)Nc1cc(C(O)CN)ccc1O. The maximum absolute atomic E-state index is 10.8. The lowest BCUT2D eigenvalue weighted by molar-refractivity contribution is -0.114. The van der Waals surface area contributed by atoms with E-state index in [4.69, 9.17) is 5.73 Å². The third kappa shape index (κ3) is 2.93. The molecule has 5 N–H and O–H groups in total. The quantitative estimate of drug-likeness (QED) is 0.541. The molecule has 1 amide bonds. The maximum atomic E-state index is 10.8. The Morgan fingerprint density at radius 1 is 1.60 bits per heavy atom. The molecule has 1 aromatic rings. The molecule has 5 heteroatoms. The number of rotatable bonds is 3. The van der Waals surface area contributed by atoms with E-state index in [-0.39, 0.29) is 23.9 Å². The van der Waals surface area contributed by atoms with Crippen LogP contribution in [0.5, 0.6) is 5.75 Å². The number of amides is 1. The Hall–Kier alpha value is -1.59. The second kappa shape index (κ2) is 4.77. The Kier molecular flexibility index (Phi) is 3.65. The molecule has 0 aliphatic rings. The summed E-state index contributed by atoms with van der Waals surface area (Å²) < 4.78 is 0. The lowest BCUT2D eigenvalue weighted by atomic mass is 10.1. The second-order valence-electron chi connectivity index (χ2n) is 3.21. The van der Waals surface area contributed by atoms with Crippen LogP contribution in [0, 0.1) is 0 Å². The zero-order chi connectivity index (χ0) is 11.4. The molecule has 1 aromatic carbocycles. The minimum atomic E-state index is -0.793. The van der Waals surface area contributed by atoms with Crippen LogP contribution < -0.4 is 11.1 Å². The van der Waals surface area contributed by atoms with Crippen molar-refractivity contribution in [2.24, 2.45) is 5.73 Å². The summed E-state index contributed by atoms with van der Waals surface area (Å²) in [5, 5.41) is 21.3. The fraction of sp³-hybridized carbons (Fsp3) is 0.300. The zero-order valence-electron chi connectivity index (χ0n) is 8.40. The van der Waals surface area contributed by atoms with Crippen molar-refractivity contribution < 1.29 is 15.0 Å². The molecular weight excluding hydrogens is 196 g/mol. The Labute approximate surface area is 87.5 Å². The van der Waals surface area contributed by atoms with Crippen molar-refractivity contribution in [2.45, 2.75) is 13.0 Å². The van der Waals surface area contributed by atoms with Gasteiger partial charge in [0.25, 0.3) is 0 Å². The number of hydrogen-bond donors (Lipinski definition) is 4. The van der Waals surface area contributed by atoms with Gasteiger partial charge in [0.2, 0.25) is 5.91 Å². The predicted octanol–water partition coefficient (Wildman–Crippen LogP) is 0.343. The van der Waals surface area contributed by atoms with Gasteiger partial charge in [-0.1, -0.05) is 6.07 Å². The van der Waals surface area contributed by atoms with Crippen molar-refractivity contribution in [1.29, 1.82) is 0 Å². The first-order valence-electron chi connectivity index (χ1n) is 4.53. The van der Waals surface area contributed by atoms with Gasteiger partial charge < -0.3 is 21.3 Å². The third-order valence-electron chi connectivity index (χ3n) is 1.94. The number of nitrogens with one attached hydrogen (secondary N) is 1. The smallest absolute Gasteiger partial charge is 0.221 e. The van der Waals surface area contributed by atoms with Crippen LogP contribution in [-0.4, -0.2) is 22.7 Å². The molecule has 0 heterocycles. The number of aromatic hydroxyl groups is 1. The first-order valence-corrected chi connectivity index (χ1v) is 4.53. The first kappa shape index (κ1) is 11.5. The van der Waals surface area contributed by atoms with Gasteiger partial charge in [-0.15, -0.1) is 0 Å². The molecule has 0 aliphatic heterocycles. The van der Waals surface area contributed by atoms with E-state index in [9.17, 15) is 15.0 Å². The first-order chi connectivity index (χ1) is 7.04. The summed E-state index contributed by atoms with van der Waals surface area (Å²) in [4.78, 5) is 10.8. The molecule has 15 heavy (non-hydrogen) atoms. The van der Waals surface area contributed by atoms with Crippen LogP contribution in [0.15, 0.2) is 18.2 Å².